The van der Waals surface area contributed by atoms with Crippen molar-refractivity contribution in [2.45, 2.75) is 24.5 Å². The highest BCUT2D eigenvalue weighted by atomic mass is 32.2. The summed E-state index contributed by atoms with van der Waals surface area (Å²) in [4.78, 5) is 17.4. The summed E-state index contributed by atoms with van der Waals surface area (Å²) in [6.07, 6.45) is 0.679. The van der Waals surface area contributed by atoms with Gasteiger partial charge in [0.25, 0.3) is 5.91 Å². The van der Waals surface area contributed by atoms with E-state index in [0.29, 0.717) is 11.6 Å². The molecule has 1 amide bonds. The van der Waals surface area contributed by atoms with Crippen LogP contribution in [0, 0.1) is 6.92 Å². The molecule has 6 nitrogen and oxygen atoms in total. The zero-order valence-electron chi connectivity index (χ0n) is 17.0. The van der Waals surface area contributed by atoms with Gasteiger partial charge in [-0.1, -0.05) is 78.5 Å². The highest BCUT2D eigenvalue weighted by Gasteiger charge is 2.33. The minimum atomic E-state index is -0.121. The number of hydrogen-bond donors (Lipinski definition) is 1. The number of aromatic amines is 1. The van der Waals surface area contributed by atoms with Crippen LogP contribution in [-0.4, -0.2) is 37.6 Å². The Morgan fingerprint density at radius 1 is 1.06 bits per heavy atom. The van der Waals surface area contributed by atoms with Crippen molar-refractivity contribution in [3.05, 3.63) is 89.7 Å². The smallest absolute Gasteiger partial charge is 0.253 e. The predicted molar refractivity (Wildman–Crippen MR) is 123 cm³/mol. The summed E-state index contributed by atoms with van der Waals surface area (Å²) in [5.41, 5.74) is 3.05. The highest BCUT2D eigenvalue weighted by Crippen LogP contribution is 2.34. The molecule has 0 fully saturated rings. The van der Waals surface area contributed by atoms with Crippen molar-refractivity contribution in [3.63, 3.8) is 0 Å². The molecule has 2 heterocycles. The van der Waals surface area contributed by atoms with Gasteiger partial charge in [0.05, 0.1) is 17.5 Å². The maximum atomic E-state index is 13.1. The Kier molecular flexibility index (Phi) is 5.26. The summed E-state index contributed by atoms with van der Waals surface area (Å²) in [6, 6.07) is 24.6. The molecule has 0 saturated heterocycles. The second-order valence-electron chi connectivity index (χ2n) is 7.47. The molecule has 154 valence electrons. The van der Waals surface area contributed by atoms with Crippen molar-refractivity contribution in [3.8, 4) is 0 Å². The third-order valence-corrected chi connectivity index (χ3v) is 6.17. The second kappa shape index (κ2) is 8.35. The minimum Gasteiger partial charge on any atom is -0.272 e. The fourth-order valence-electron chi connectivity index (χ4n) is 3.80. The molecule has 1 N–H and O–H groups in total. The summed E-state index contributed by atoms with van der Waals surface area (Å²) in [5.74, 6) is 0.904. The minimum absolute atomic E-state index is 0.0582. The van der Waals surface area contributed by atoms with Gasteiger partial charge < -0.3 is 0 Å². The third kappa shape index (κ3) is 4.09. The van der Waals surface area contributed by atoms with E-state index >= 15 is 0 Å². The molecule has 0 saturated carbocycles. The van der Waals surface area contributed by atoms with Gasteiger partial charge in [0.2, 0.25) is 5.16 Å². The van der Waals surface area contributed by atoms with E-state index in [1.807, 2.05) is 37.3 Å². The van der Waals surface area contributed by atoms with E-state index in [1.54, 1.807) is 5.01 Å². The third-order valence-electron chi connectivity index (χ3n) is 5.33. The number of carbonyl (C=O) groups is 1. The van der Waals surface area contributed by atoms with Crippen molar-refractivity contribution in [1.82, 2.24) is 20.2 Å². The number of hydrazone groups is 1. The van der Waals surface area contributed by atoms with E-state index in [-0.39, 0.29) is 17.7 Å². The first-order chi connectivity index (χ1) is 15.2. The quantitative estimate of drug-likeness (QED) is 0.467. The molecule has 1 aromatic heterocycles. The van der Waals surface area contributed by atoms with Gasteiger partial charge in [-0.3, -0.25) is 9.89 Å². The van der Waals surface area contributed by atoms with Crippen LogP contribution in [-0.2, 0) is 4.79 Å². The number of benzene rings is 3. The molecule has 0 spiro atoms. The van der Waals surface area contributed by atoms with Crippen molar-refractivity contribution >= 4 is 34.2 Å². The van der Waals surface area contributed by atoms with Gasteiger partial charge in [-0.2, -0.15) is 5.10 Å². The maximum Gasteiger partial charge on any atom is 0.253 e. The SMILES string of the molecule is Cc1nc(SCC(=O)N2N=C(c3ccc4ccccc4c3)C[C@@H]2c2ccccc2)n[nH]1. The zero-order valence-corrected chi connectivity index (χ0v) is 17.8. The predicted octanol–water partition coefficient (Wildman–Crippen LogP) is 4.74. The number of nitrogens with zero attached hydrogens (tertiary/aromatic N) is 4. The average molecular weight is 428 g/mol. The number of hydrogen-bond acceptors (Lipinski definition) is 5. The Morgan fingerprint density at radius 2 is 1.84 bits per heavy atom. The molecule has 0 unspecified atom stereocenters. The second-order valence-corrected chi connectivity index (χ2v) is 8.41. The van der Waals surface area contributed by atoms with Crippen LogP contribution < -0.4 is 0 Å². The summed E-state index contributed by atoms with van der Waals surface area (Å²) in [5, 5.41) is 16.2. The van der Waals surface area contributed by atoms with Gasteiger partial charge in [0.15, 0.2) is 0 Å². The molecule has 1 aliphatic heterocycles. The van der Waals surface area contributed by atoms with Gasteiger partial charge in [0, 0.05) is 6.42 Å². The fraction of sp³-hybridized carbons (Fsp3) is 0.167. The number of H-pyrrole nitrogens is 1. The van der Waals surface area contributed by atoms with Crippen LogP contribution in [0.2, 0.25) is 0 Å². The molecule has 0 radical (unpaired) electrons. The summed E-state index contributed by atoms with van der Waals surface area (Å²) < 4.78 is 0. The first kappa shape index (κ1) is 19.5. The van der Waals surface area contributed by atoms with Crippen molar-refractivity contribution in [2.75, 3.05) is 5.75 Å². The monoisotopic (exact) mass is 427 g/mol. The fourth-order valence-corrected chi connectivity index (χ4v) is 4.49. The molecule has 7 heteroatoms. The van der Waals surface area contributed by atoms with E-state index < -0.39 is 0 Å². The molecule has 3 aromatic carbocycles. The van der Waals surface area contributed by atoms with Crippen LogP contribution in [0.3, 0.4) is 0 Å². The van der Waals surface area contributed by atoms with Crippen LogP contribution in [0.15, 0.2) is 83.1 Å². The Bertz CT molecular complexity index is 1270. The number of aromatic nitrogens is 3. The van der Waals surface area contributed by atoms with Crippen molar-refractivity contribution in [1.29, 1.82) is 0 Å². The number of thioether (sulfide) groups is 1. The number of aryl methyl sites for hydroxylation is 1. The van der Waals surface area contributed by atoms with Gasteiger partial charge in [-0.15, -0.1) is 5.10 Å². The maximum absolute atomic E-state index is 13.1. The Morgan fingerprint density at radius 3 is 2.61 bits per heavy atom. The number of fused-ring (bicyclic) bond motifs is 1. The molecule has 1 atom stereocenters. The molecule has 4 aromatic rings. The summed E-state index contributed by atoms with van der Waals surface area (Å²) >= 11 is 1.32. The highest BCUT2D eigenvalue weighted by molar-refractivity contribution is 7.99. The van der Waals surface area contributed by atoms with Crippen molar-refractivity contribution in [2.24, 2.45) is 5.10 Å². The Hall–Kier alpha value is -3.45. The van der Waals surface area contributed by atoms with Gasteiger partial charge in [0.1, 0.15) is 5.82 Å². The lowest BCUT2D eigenvalue weighted by molar-refractivity contribution is -0.130. The Balaban J connectivity index is 1.44. The summed E-state index contributed by atoms with van der Waals surface area (Å²) in [7, 11) is 0. The van der Waals surface area contributed by atoms with Crippen LogP contribution in [0.5, 0.6) is 0 Å². The van der Waals surface area contributed by atoms with E-state index in [0.717, 1.165) is 22.7 Å². The molecule has 0 aliphatic carbocycles. The largest absolute Gasteiger partial charge is 0.272 e. The van der Waals surface area contributed by atoms with Gasteiger partial charge in [-0.25, -0.2) is 9.99 Å². The average Bonchev–Trinajstić information content (AvgIpc) is 3.44. The number of carbonyl (C=O) groups excluding carboxylic acids is 1. The lowest BCUT2D eigenvalue weighted by Crippen LogP contribution is -2.28. The Labute approximate surface area is 184 Å². The van der Waals surface area contributed by atoms with E-state index in [2.05, 4.69) is 57.6 Å². The molecular formula is C24H21N5OS. The van der Waals surface area contributed by atoms with E-state index in [9.17, 15) is 4.79 Å². The molecule has 5 rings (SSSR count). The first-order valence-electron chi connectivity index (χ1n) is 10.1. The molecular weight excluding hydrogens is 406 g/mol. The zero-order chi connectivity index (χ0) is 21.2. The van der Waals surface area contributed by atoms with Crippen LogP contribution in [0.25, 0.3) is 10.8 Å². The van der Waals surface area contributed by atoms with E-state index in [1.165, 1.54) is 22.5 Å². The number of amides is 1. The molecule has 31 heavy (non-hydrogen) atoms. The van der Waals surface area contributed by atoms with Gasteiger partial charge >= 0.3 is 0 Å². The topological polar surface area (TPSA) is 74.2 Å². The molecule has 1 aliphatic rings. The lowest BCUT2D eigenvalue weighted by atomic mass is 9.97. The normalized spacial score (nSPS) is 16.0. The van der Waals surface area contributed by atoms with E-state index in [4.69, 9.17) is 5.10 Å². The standard InChI is InChI=1S/C24H21N5OS/c1-16-25-24(27-26-16)31-15-23(30)29-22(18-8-3-2-4-9-18)14-21(28-29)20-12-11-17-7-5-6-10-19(17)13-20/h2-13,22H,14-15H2,1H3,(H,25,26,27)/t22-/m1/s1. The molecule has 0 bridgehead atoms. The van der Waals surface area contributed by atoms with Crippen LogP contribution in [0.4, 0.5) is 0 Å². The lowest BCUT2D eigenvalue weighted by Gasteiger charge is -2.21. The van der Waals surface area contributed by atoms with Crippen molar-refractivity contribution < 1.29 is 4.79 Å². The van der Waals surface area contributed by atoms with Crippen LogP contribution in [0.1, 0.15) is 29.4 Å². The van der Waals surface area contributed by atoms with Gasteiger partial charge in [-0.05, 0) is 34.9 Å². The number of nitrogens with one attached hydrogen (secondary N) is 1. The first-order valence-corrected chi connectivity index (χ1v) is 11.1. The number of rotatable bonds is 5. The van der Waals surface area contributed by atoms with Crippen LogP contribution >= 0.6 is 11.8 Å². The summed E-state index contributed by atoms with van der Waals surface area (Å²) in [6.45, 7) is 1.84.